The minimum atomic E-state index is 0.684. The molecule has 0 aromatic heterocycles. The van der Waals surface area contributed by atoms with Gasteiger partial charge in [-0.3, -0.25) is 0 Å². The molecule has 0 atom stereocenters. The highest BCUT2D eigenvalue weighted by Crippen LogP contribution is 2.45. The zero-order valence-electron chi connectivity index (χ0n) is 7.96. The van der Waals surface area contributed by atoms with Gasteiger partial charge in [0.1, 0.15) is 0 Å². The summed E-state index contributed by atoms with van der Waals surface area (Å²) in [4.78, 5) is 3.60. The van der Waals surface area contributed by atoms with E-state index < -0.39 is 0 Å². The summed E-state index contributed by atoms with van der Waals surface area (Å²) in [5, 5.41) is 0.841. The molecule has 80 valence electrons. The Bertz CT molecular complexity index is 409. The number of halogens is 2. The number of nitrogens with one attached hydrogen (secondary N) is 1. The summed E-state index contributed by atoms with van der Waals surface area (Å²) in [7, 11) is 0. The number of nitrogens with zero attached hydrogens (tertiary/aromatic N) is 1. The van der Waals surface area contributed by atoms with Gasteiger partial charge in [0.15, 0.2) is 0 Å². The Hall–Kier alpha value is 0.100. The predicted octanol–water partition coefficient (Wildman–Crippen LogP) is 3.64. The molecule has 2 aliphatic rings. The highest BCUT2D eigenvalue weighted by molar-refractivity contribution is 9.10. The molecule has 0 spiro atoms. The molecule has 15 heavy (non-hydrogen) atoms. The molecular formula is C10H10BrClN2S. The van der Waals surface area contributed by atoms with Crippen LogP contribution in [0.5, 0.6) is 0 Å². The second kappa shape index (κ2) is 3.84. The SMILES string of the molecule is Clc1c(Br)ccc2c1N(C1CC1)CNS2. The van der Waals surface area contributed by atoms with Gasteiger partial charge in [-0.05, 0) is 52.9 Å². The van der Waals surface area contributed by atoms with Crippen molar-refractivity contribution in [1.82, 2.24) is 4.72 Å². The van der Waals surface area contributed by atoms with Gasteiger partial charge < -0.3 is 4.90 Å². The molecule has 0 amide bonds. The minimum Gasteiger partial charge on any atom is -0.353 e. The van der Waals surface area contributed by atoms with Crippen molar-refractivity contribution in [2.45, 2.75) is 23.8 Å². The van der Waals surface area contributed by atoms with Crippen molar-refractivity contribution in [1.29, 1.82) is 0 Å². The first-order chi connectivity index (χ1) is 7.27. The van der Waals surface area contributed by atoms with Gasteiger partial charge in [-0.2, -0.15) is 0 Å². The van der Waals surface area contributed by atoms with Gasteiger partial charge in [-0.1, -0.05) is 11.6 Å². The normalized spacial score (nSPS) is 20.3. The lowest BCUT2D eigenvalue weighted by atomic mass is 10.3. The lowest BCUT2D eigenvalue weighted by molar-refractivity contribution is 0.755. The highest BCUT2D eigenvalue weighted by Gasteiger charge is 2.33. The average molecular weight is 306 g/mol. The topological polar surface area (TPSA) is 15.3 Å². The van der Waals surface area contributed by atoms with E-state index in [1.165, 1.54) is 23.4 Å². The van der Waals surface area contributed by atoms with Crippen LogP contribution >= 0.6 is 39.5 Å². The van der Waals surface area contributed by atoms with Crippen LogP contribution in [-0.4, -0.2) is 12.7 Å². The molecule has 1 heterocycles. The molecule has 1 aromatic carbocycles. The fourth-order valence-corrected chi connectivity index (χ4v) is 3.29. The van der Waals surface area contributed by atoms with Crippen LogP contribution < -0.4 is 9.62 Å². The van der Waals surface area contributed by atoms with Crippen LogP contribution in [0.4, 0.5) is 5.69 Å². The van der Waals surface area contributed by atoms with Crippen LogP contribution in [-0.2, 0) is 0 Å². The summed E-state index contributed by atoms with van der Waals surface area (Å²) < 4.78 is 4.31. The van der Waals surface area contributed by atoms with Crippen LogP contribution in [0.15, 0.2) is 21.5 Å². The maximum Gasteiger partial charge on any atom is 0.0794 e. The van der Waals surface area contributed by atoms with E-state index in [1.54, 1.807) is 11.9 Å². The molecular weight excluding hydrogens is 296 g/mol. The standard InChI is InChI=1S/C10H10BrClN2S/c11-7-3-4-8-10(9(7)12)14(5-13-15-8)6-1-2-6/h3-4,6,13H,1-2,5H2. The van der Waals surface area contributed by atoms with Crippen molar-refractivity contribution < 1.29 is 0 Å². The van der Waals surface area contributed by atoms with E-state index in [9.17, 15) is 0 Å². The summed E-state index contributed by atoms with van der Waals surface area (Å²) in [6.45, 7) is 0.887. The van der Waals surface area contributed by atoms with Crippen LogP contribution in [0.25, 0.3) is 0 Å². The van der Waals surface area contributed by atoms with Crippen molar-refractivity contribution in [2.24, 2.45) is 0 Å². The number of benzene rings is 1. The zero-order chi connectivity index (χ0) is 10.4. The van der Waals surface area contributed by atoms with E-state index in [0.717, 1.165) is 16.2 Å². The van der Waals surface area contributed by atoms with Gasteiger partial charge in [-0.25, -0.2) is 4.72 Å². The highest BCUT2D eigenvalue weighted by atomic mass is 79.9. The van der Waals surface area contributed by atoms with Crippen molar-refractivity contribution in [2.75, 3.05) is 11.6 Å². The van der Waals surface area contributed by atoms with Gasteiger partial charge in [0.2, 0.25) is 0 Å². The minimum absolute atomic E-state index is 0.684. The molecule has 0 saturated heterocycles. The van der Waals surface area contributed by atoms with Crippen molar-refractivity contribution in [3.8, 4) is 0 Å². The summed E-state index contributed by atoms with van der Waals surface area (Å²) >= 11 is 11.5. The molecule has 1 saturated carbocycles. The molecule has 0 radical (unpaired) electrons. The fraction of sp³-hybridized carbons (Fsp3) is 0.400. The second-order valence-corrected chi connectivity index (χ2v) is 5.98. The first-order valence-electron chi connectivity index (χ1n) is 4.91. The van der Waals surface area contributed by atoms with Gasteiger partial charge >= 0.3 is 0 Å². The van der Waals surface area contributed by atoms with E-state index in [1.807, 2.05) is 6.07 Å². The lowest BCUT2D eigenvalue weighted by Gasteiger charge is -2.32. The van der Waals surface area contributed by atoms with E-state index >= 15 is 0 Å². The van der Waals surface area contributed by atoms with Gasteiger partial charge in [0.25, 0.3) is 0 Å². The number of hydrogen-bond acceptors (Lipinski definition) is 3. The van der Waals surface area contributed by atoms with Crippen molar-refractivity contribution in [3.05, 3.63) is 21.6 Å². The third-order valence-corrected chi connectivity index (χ3v) is 4.82. The Labute approximate surface area is 107 Å². The van der Waals surface area contributed by atoms with Crippen molar-refractivity contribution >= 4 is 45.2 Å². The molecule has 1 aliphatic carbocycles. The van der Waals surface area contributed by atoms with Crippen LogP contribution in [0.3, 0.4) is 0 Å². The van der Waals surface area contributed by atoms with E-state index in [-0.39, 0.29) is 0 Å². The Balaban J connectivity index is 2.10. The van der Waals surface area contributed by atoms with E-state index in [0.29, 0.717) is 6.04 Å². The number of rotatable bonds is 1. The molecule has 1 fully saturated rings. The van der Waals surface area contributed by atoms with Crippen LogP contribution in [0.1, 0.15) is 12.8 Å². The molecule has 2 nitrogen and oxygen atoms in total. The Morgan fingerprint density at radius 1 is 1.47 bits per heavy atom. The first kappa shape index (κ1) is 10.3. The lowest BCUT2D eigenvalue weighted by Crippen LogP contribution is -2.36. The maximum atomic E-state index is 6.35. The molecule has 0 bridgehead atoms. The van der Waals surface area contributed by atoms with Gasteiger partial charge in [-0.15, -0.1) is 0 Å². The second-order valence-electron chi connectivity index (χ2n) is 3.81. The third kappa shape index (κ3) is 1.78. The molecule has 0 unspecified atom stereocenters. The van der Waals surface area contributed by atoms with Crippen LogP contribution in [0.2, 0.25) is 5.02 Å². The Morgan fingerprint density at radius 2 is 2.27 bits per heavy atom. The average Bonchev–Trinajstić information content (AvgIpc) is 3.06. The first-order valence-corrected chi connectivity index (χ1v) is 6.90. The molecule has 1 aliphatic heterocycles. The number of fused-ring (bicyclic) bond motifs is 1. The smallest absolute Gasteiger partial charge is 0.0794 e. The van der Waals surface area contributed by atoms with Crippen molar-refractivity contribution in [3.63, 3.8) is 0 Å². The monoisotopic (exact) mass is 304 g/mol. The number of anilines is 1. The predicted molar refractivity (Wildman–Crippen MR) is 68.5 cm³/mol. The van der Waals surface area contributed by atoms with Gasteiger partial charge in [0.05, 0.1) is 17.4 Å². The molecule has 5 heteroatoms. The summed E-state index contributed by atoms with van der Waals surface area (Å²) in [6.07, 6.45) is 2.57. The Kier molecular flexibility index (Phi) is 2.63. The van der Waals surface area contributed by atoms with Crippen LogP contribution in [0, 0.1) is 0 Å². The Morgan fingerprint density at radius 3 is 3.00 bits per heavy atom. The fourth-order valence-electron chi connectivity index (χ4n) is 1.83. The summed E-state index contributed by atoms with van der Waals surface area (Å²) in [5.41, 5.74) is 1.19. The van der Waals surface area contributed by atoms with E-state index in [2.05, 4.69) is 31.6 Å². The largest absolute Gasteiger partial charge is 0.353 e. The molecule has 1 aromatic rings. The third-order valence-electron chi connectivity index (χ3n) is 2.72. The maximum absolute atomic E-state index is 6.35. The zero-order valence-corrected chi connectivity index (χ0v) is 11.1. The quantitative estimate of drug-likeness (QED) is 0.798. The summed E-state index contributed by atoms with van der Waals surface area (Å²) in [6, 6.07) is 4.80. The van der Waals surface area contributed by atoms with E-state index in [4.69, 9.17) is 11.6 Å². The van der Waals surface area contributed by atoms with Gasteiger partial charge in [0, 0.05) is 15.4 Å². The summed E-state index contributed by atoms with van der Waals surface area (Å²) in [5.74, 6) is 0. The molecule has 1 N–H and O–H groups in total. The molecule has 3 rings (SSSR count). The number of hydrogen-bond donors (Lipinski definition) is 1.